The van der Waals surface area contributed by atoms with Gasteiger partial charge in [-0.3, -0.25) is 0 Å². The fourth-order valence-electron chi connectivity index (χ4n) is 2.54. The lowest BCUT2D eigenvalue weighted by Crippen LogP contribution is -2.07. The Hall–Kier alpha value is -2.82. The number of nitrogens with zero attached hydrogens (tertiary/aromatic N) is 2. The van der Waals surface area contributed by atoms with E-state index in [4.69, 9.17) is 9.47 Å². The van der Waals surface area contributed by atoms with Gasteiger partial charge in [-0.1, -0.05) is 18.2 Å². The molecule has 3 rings (SSSR count). The molecule has 118 valence electrons. The van der Waals surface area contributed by atoms with Gasteiger partial charge in [-0.05, 0) is 31.2 Å². The Morgan fingerprint density at radius 3 is 2.83 bits per heavy atom. The number of ether oxygens (including phenoxy) is 2. The maximum Gasteiger partial charge on any atom is 0.338 e. The summed E-state index contributed by atoms with van der Waals surface area (Å²) in [5.74, 6) is 0.318. The van der Waals surface area contributed by atoms with Gasteiger partial charge in [-0.2, -0.15) is 0 Å². The lowest BCUT2D eigenvalue weighted by Gasteiger charge is -2.11. The Morgan fingerprint density at radius 2 is 2.04 bits per heavy atom. The van der Waals surface area contributed by atoms with Gasteiger partial charge in [0, 0.05) is 5.56 Å². The highest BCUT2D eigenvalue weighted by molar-refractivity contribution is 5.90. The molecule has 0 amide bonds. The van der Waals surface area contributed by atoms with Crippen LogP contribution in [0.15, 0.2) is 48.8 Å². The van der Waals surface area contributed by atoms with Crippen molar-refractivity contribution in [1.82, 2.24) is 9.55 Å². The van der Waals surface area contributed by atoms with Crippen LogP contribution in [0.1, 0.15) is 22.8 Å². The van der Waals surface area contributed by atoms with Gasteiger partial charge in [0.2, 0.25) is 0 Å². The summed E-state index contributed by atoms with van der Waals surface area (Å²) in [6.07, 6.45) is 1.81. The Bertz CT molecular complexity index is 839. The van der Waals surface area contributed by atoms with Gasteiger partial charge in [-0.25, -0.2) is 9.78 Å². The van der Waals surface area contributed by atoms with Crippen LogP contribution in [0.2, 0.25) is 0 Å². The van der Waals surface area contributed by atoms with Gasteiger partial charge in [0.15, 0.2) is 0 Å². The number of aromatic nitrogens is 2. The lowest BCUT2D eigenvalue weighted by molar-refractivity contribution is 0.0526. The number of imidazole rings is 1. The largest absolute Gasteiger partial charge is 0.496 e. The molecule has 1 heterocycles. The Balaban J connectivity index is 1.92. The van der Waals surface area contributed by atoms with Gasteiger partial charge in [0.05, 0.1) is 43.2 Å². The topological polar surface area (TPSA) is 53.4 Å². The smallest absolute Gasteiger partial charge is 0.338 e. The van der Waals surface area contributed by atoms with Crippen LogP contribution >= 0.6 is 0 Å². The Labute approximate surface area is 134 Å². The van der Waals surface area contributed by atoms with Crippen LogP contribution in [-0.4, -0.2) is 29.2 Å². The molecule has 0 bridgehead atoms. The van der Waals surface area contributed by atoms with E-state index in [-0.39, 0.29) is 5.97 Å². The molecule has 0 aliphatic carbocycles. The minimum Gasteiger partial charge on any atom is -0.496 e. The van der Waals surface area contributed by atoms with Crippen LogP contribution < -0.4 is 4.74 Å². The van der Waals surface area contributed by atoms with Crippen molar-refractivity contribution < 1.29 is 14.3 Å². The van der Waals surface area contributed by atoms with Gasteiger partial charge in [0.1, 0.15) is 5.75 Å². The molecule has 0 unspecified atom stereocenters. The molecule has 2 aromatic carbocycles. The van der Waals surface area contributed by atoms with E-state index in [9.17, 15) is 4.79 Å². The van der Waals surface area contributed by atoms with E-state index >= 15 is 0 Å². The zero-order valence-electron chi connectivity index (χ0n) is 13.2. The number of rotatable bonds is 5. The molecule has 1 aromatic heterocycles. The van der Waals surface area contributed by atoms with Crippen molar-refractivity contribution >= 4 is 17.0 Å². The van der Waals surface area contributed by atoms with Crippen LogP contribution in [0.5, 0.6) is 5.75 Å². The molecule has 5 nitrogen and oxygen atoms in total. The molecule has 5 heteroatoms. The number of para-hydroxylation sites is 2. The molecule has 0 saturated heterocycles. The number of carbonyl (C=O) groups is 1. The average molecular weight is 310 g/mol. The van der Waals surface area contributed by atoms with Crippen molar-refractivity contribution in [3.8, 4) is 5.75 Å². The summed E-state index contributed by atoms with van der Waals surface area (Å²) in [5, 5.41) is 0. The number of fused-ring (bicyclic) bond motifs is 1. The molecule has 23 heavy (non-hydrogen) atoms. The fourth-order valence-corrected chi connectivity index (χ4v) is 2.54. The van der Waals surface area contributed by atoms with E-state index in [1.54, 1.807) is 26.2 Å². The summed E-state index contributed by atoms with van der Waals surface area (Å²) >= 11 is 0. The third-order valence-electron chi connectivity index (χ3n) is 3.67. The van der Waals surface area contributed by atoms with Crippen LogP contribution in [-0.2, 0) is 11.3 Å². The molecule has 0 spiro atoms. The van der Waals surface area contributed by atoms with Gasteiger partial charge < -0.3 is 14.0 Å². The number of methoxy groups -OCH3 is 1. The maximum absolute atomic E-state index is 11.8. The SMILES string of the molecule is CCOC(=O)c1ccc(Cn2cnc3ccccc32)c(OC)c1. The molecular weight excluding hydrogens is 292 g/mol. The lowest BCUT2D eigenvalue weighted by atomic mass is 10.1. The first-order valence-electron chi connectivity index (χ1n) is 7.47. The third-order valence-corrected chi connectivity index (χ3v) is 3.67. The molecule has 0 fully saturated rings. The van der Waals surface area contributed by atoms with Crippen molar-refractivity contribution in [1.29, 1.82) is 0 Å². The monoisotopic (exact) mass is 310 g/mol. The molecule has 0 saturated carbocycles. The van der Waals surface area contributed by atoms with Gasteiger partial charge >= 0.3 is 5.97 Å². The number of benzene rings is 2. The summed E-state index contributed by atoms with van der Waals surface area (Å²) in [5.41, 5.74) is 3.48. The highest BCUT2D eigenvalue weighted by Crippen LogP contribution is 2.23. The summed E-state index contributed by atoms with van der Waals surface area (Å²) < 4.78 is 12.5. The van der Waals surface area contributed by atoms with E-state index in [2.05, 4.69) is 9.55 Å². The van der Waals surface area contributed by atoms with Crippen molar-refractivity contribution in [2.45, 2.75) is 13.5 Å². The Morgan fingerprint density at radius 1 is 1.22 bits per heavy atom. The molecule has 0 aliphatic heterocycles. The zero-order valence-corrected chi connectivity index (χ0v) is 13.2. The third kappa shape index (κ3) is 3.04. The Kier molecular flexibility index (Phi) is 4.28. The average Bonchev–Trinajstić information content (AvgIpc) is 2.98. The number of hydrogen-bond donors (Lipinski definition) is 0. The van der Waals surface area contributed by atoms with Crippen molar-refractivity contribution in [2.24, 2.45) is 0 Å². The van der Waals surface area contributed by atoms with E-state index in [1.165, 1.54) is 0 Å². The number of esters is 1. The van der Waals surface area contributed by atoms with E-state index in [0.717, 1.165) is 16.6 Å². The standard InChI is InChI=1S/C18H18N2O3/c1-3-23-18(21)13-8-9-14(17(10-13)22-2)11-20-12-19-15-6-4-5-7-16(15)20/h4-10,12H,3,11H2,1-2H3. The van der Waals surface area contributed by atoms with E-state index in [0.29, 0.717) is 24.5 Å². The second-order valence-electron chi connectivity index (χ2n) is 5.11. The molecule has 0 radical (unpaired) electrons. The summed E-state index contributed by atoms with van der Waals surface area (Å²) in [6, 6.07) is 13.3. The van der Waals surface area contributed by atoms with Crippen LogP contribution in [0.3, 0.4) is 0 Å². The van der Waals surface area contributed by atoms with Gasteiger partial charge in [0.25, 0.3) is 0 Å². The number of hydrogen-bond acceptors (Lipinski definition) is 4. The minimum atomic E-state index is -0.342. The van der Waals surface area contributed by atoms with Crippen molar-refractivity contribution in [3.05, 3.63) is 59.9 Å². The predicted molar refractivity (Wildman–Crippen MR) is 87.8 cm³/mol. The molecule has 0 aliphatic rings. The normalized spacial score (nSPS) is 10.7. The highest BCUT2D eigenvalue weighted by Gasteiger charge is 2.12. The number of carbonyl (C=O) groups excluding carboxylic acids is 1. The first kappa shape index (κ1) is 15.1. The van der Waals surface area contributed by atoms with E-state index < -0.39 is 0 Å². The second kappa shape index (κ2) is 6.52. The molecule has 3 aromatic rings. The zero-order chi connectivity index (χ0) is 16.2. The van der Waals surface area contributed by atoms with Crippen molar-refractivity contribution in [2.75, 3.05) is 13.7 Å². The first-order valence-corrected chi connectivity index (χ1v) is 7.47. The second-order valence-corrected chi connectivity index (χ2v) is 5.11. The van der Waals surface area contributed by atoms with E-state index in [1.807, 2.05) is 36.7 Å². The minimum absolute atomic E-state index is 0.342. The van der Waals surface area contributed by atoms with Crippen LogP contribution in [0, 0.1) is 0 Å². The summed E-state index contributed by atoms with van der Waals surface area (Å²) in [6.45, 7) is 2.75. The predicted octanol–water partition coefficient (Wildman–Crippen LogP) is 3.27. The van der Waals surface area contributed by atoms with Crippen LogP contribution in [0.25, 0.3) is 11.0 Å². The molecule has 0 N–H and O–H groups in total. The van der Waals surface area contributed by atoms with Crippen molar-refractivity contribution in [3.63, 3.8) is 0 Å². The molecule has 0 atom stereocenters. The highest BCUT2D eigenvalue weighted by atomic mass is 16.5. The summed E-state index contributed by atoms with van der Waals surface area (Å²) in [7, 11) is 1.60. The quantitative estimate of drug-likeness (QED) is 0.679. The first-order chi connectivity index (χ1) is 11.2. The molecular formula is C18H18N2O3. The van der Waals surface area contributed by atoms with Gasteiger partial charge in [-0.15, -0.1) is 0 Å². The fraction of sp³-hybridized carbons (Fsp3) is 0.222. The summed E-state index contributed by atoms with van der Waals surface area (Å²) in [4.78, 5) is 16.2. The van der Waals surface area contributed by atoms with Crippen LogP contribution in [0.4, 0.5) is 0 Å². The maximum atomic E-state index is 11.8.